The number of hydroxylamine groups is 1. The number of hydrogen-bond acceptors (Lipinski definition) is 3. The molecule has 22 heavy (non-hydrogen) atoms. The highest BCUT2D eigenvalue weighted by molar-refractivity contribution is 5.79. The average Bonchev–Trinajstić information content (AvgIpc) is 2.52. The zero-order chi connectivity index (χ0) is 15.9. The summed E-state index contributed by atoms with van der Waals surface area (Å²) in [4.78, 5) is 17.2. The number of hydrogen-bond donors (Lipinski definition) is 1. The number of amides is 1. The number of carbonyl (C=O) groups excluding carboxylic acids is 1. The van der Waals surface area contributed by atoms with Gasteiger partial charge in [-0.3, -0.25) is 9.63 Å². The van der Waals surface area contributed by atoms with E-state index in [1.165, 1.54) is 0 Å². The third-order valence-corrected chi connectivity index (χ3v) is 3.48. The number of nitrogens with one attached hydrogen (secondary N) is 1. The van der Waals surface area contributed by atoms with Gasteiger partial charge in [0.2, 0.25) is 0 Å². The molecule has 2 aromatic rings. The van der Waals surface area contributed by atoms with Crippen LogP contribution in [0.15, 0.2) is 48.5 Å². The fourth-order valence-corrected chi connectivity index (χ4v) is 1.94. The fraction of sp³-hybridized carbons (Fsp3) is 0.278. The lowest BCUT2D eigenvalue weighted by atomic mass is 10.1. The maximum absolute atomic E-state index is 12.0. The third-order valence-electron chi connectivity index (χ3n) is 3.48. The average molecular weight is 299 g/mol. The minimum atomic E-state index is -0.628. The van der Waals surface area contributed by atoms with E-state index in [9.17, 15) is 4.79 Å². The molecule has 1 N–H and O–H groups in total. The van der Waals surface area contributed by atoms with Crippen LogP contribution in [-0.4, -0.2) is 12.0 Å². The first-order valence-electron chi connectivity index (χ1n) is 7.26. The van der Waals surface area contributed by atoms with Crippen molar-refractivity contribution in [3.63, 3.8) is 0 Å². The van der Waals surface area contributed by atoms with Gasteiger partial charge in [0.1, 0.15) is 5.75 Å². The summed E-state index contributed by atoms with van der Waals surface area (Å²) in [6, 6.07) is 15.4. The Hall–Kier alpha value is -2.33. The SMILES string of the molecule is Cc1cccc(OC(C)C(=O)NOCc2ccccc2)c1C. The molecule has 1 unspecified atom stereocenters. The van der Waals surface area contributed by atoms with Crippen molar-refractivity contribution in [3.8, 4) is 5.75 Å². The molecular weight excluding hydrogens is 278 g/mol. The minimum Gasteiger partial charge on any atom is -0.481 e. The van der Waals surface area contributed by atoms with E-state index in [-0.39, 0.29) is 5.91 Å². The Bertz CT molecular complexity index is 625. The molecule has 0 aliphatic carbocycles. The standard InChI is InChI=1S/C18H21NO3/c1-13-8-7-11-17(14(13)2)22-15(3)18(20)19-21-12-16-9-5-4-6-10-16/h4-11,15H,12H2,1-3H3,(H,19,20). The van der Waals surface area contributed by atoms with Gasteiger partial charge in [-0.1, -0.05) is 42.5 Å². The molecule has 0 radical (unpaired) electrons. The highest BCUT2D eigenvalue weighted by Crippen LogP contribution is 2.21. The van der Waals surface area contributed by atoms with E-state index in [0.29, 0.717) is 12.4 Å². The summed E-state index contributed by atoms with van der Waals surface area (Å²) in [5.41, 5.74) is 5.58. The maximum Gasteiger partial charge on any atom is 0.284 e. The molecule has 0 spiro atoms. The Labute approximate surface area is 131 Å². The van der Waals surface area contributed by atoms with Gasteiger partial charge in [0.15, 0.2) is 6.10 Å². The van der Waals surface area contributed by atoms with Crippen molar-refractivity contribution >= 4 is 5.91 Å². The van der Waals surface area contributed by atoms with Gasteiger partial charge in [-0.15, -0.1) is 0 Å². The van der Waals surface area contributed by atoms with E-state index in [0.717, 1.165) is 16.7 Å². The molecule has 0 saturated carbocycles. The zero-order valence-electron chi connectivity index (χ0n) is 13.1. The lowest BCUT2D eigenvalue weighted by Gasteiger charge is -2.17. The van der Waals surface area contributed by atoms with Crippen LogP contribution >= 0.6 is 0 Å². The van der Waals surface area contributed by atoms with Crippen molar-refractivity contribution in [1.29, 1.82) is 0 Å². The Balaban J connectivity index is 1.83. The van der Waals surface area contributed by atoms with E-state index in [1.807, 2.05) is 62.4 Å². The highest BCUT2D eigenvalue weighted by atomic mass is 16.7. The van der Waals surface area contributed by atoms with Crippen molar-refractivity contribution in [1.82, 2.24) is 5.48 Å². The second-order valence-corrected chi connectivity index (χ2v) is 5.20. The molecule has 0 saturated heterocycles. The summed E-state index contributed by atoms with van der Waals surface area (Å²) in [5.74, 6) is 0.405. The molecule has 0 fully saturated rings. The molecule has 0 bridgehead atoms. The first-order chi connectivity index (χ1) is 10.6. The monoisotopic (exact) mass is 299 g/mol. The first-order valence-corrected chi connectivity index (χ1v) is 7.26. The topological polar surface area (TPSA) is 47.6 Å². The third kappa shape index (κ3) is 4.33. The summed E-state index contributed by atoms with van der Waals surface area (Å²) in [6.07, 6.45) is -0.628. The van der Waals surface area contributed by atoms with Crippen molar-refractivity contribution in [2.75, 3.05) is 0 Å². The van der Waals surface area contributed by atoms with E-state index < -0.39 is 6.10 Å². The quantitative estimate of drug-likeness (QED) is 0.832. The summed E-state index contributed by atoms with van der Waals surface area (Å²) < 4.78 is 5.70. The van der Waals surface area contributed by atoms with Crippen LogP contribution in [0.4, 0.5) is 0 Å². The lowest BCUT2D eigenvalue weighted by molar-refractivity contribution is -0.141. The predicted molar refractivity (Wildman–Crippen MR) is 85.4 cm³/mol. The van der Waals surface area contributed by atoms with Crippen LogP contribution in [0.2, 0.25) is 0 Å². The molecule has 116 valence electrons. The van der Waals surface area contributed by atoms with Crippen LogP contribution in [0, 0.1) is 13.8 Å². The van der Waals surface area contributed by atoms with Crippen LogP contribution in [0.25, 0.3) is 0 Å². The number of ether oxygens (including phenoxy) is 1. The molecule has 4 nitrogen and oxygen atoms in total. The summed E-state index contributed by atoms with van der Waals surface area (Å²) in [6.45, 7) is 6.00. The Morgan fingerprint density at radius 2 is 1.82 bits per heavy atom. The number of rotatable bonds is 6. The molecule has 0 heterocycles. The van der Waals surface area contributed by atoms with E-state index in [2.05, 4.69) is 5.48 Å². The Morgan fingerprint density at radius 3 is 2.55 bits per heavy atom. The normalized spacial score (nSPS) is 11.8. The molecule has 1 atom stereocenters. The second kappa shape index (κ2) is 7.61. The van der Waals surface area contributed by atoms with E-state index in [4.69, 9.17) is 9.57 Å². The molecular formula is C18H21NO3. The van der Waals surface area contributed by atoms with Crippen molar-refractivity contribution in [2.45, 2.75) is 33.5 Å². The molecule has 1 amide bonds. The Morgan fingerprint density at radius 1 is 1.09 bits per heavy atom. The summed E-state index contributed by atoms with van der Waals surface area (Å²) in [7, 11) is 0. The van der Waals surface area contributed by atoms with Gasteiger partial charge in [-0.25, -0.2) is 5.48 Å². The maximum atomic E-state index is 12.0. The summed E-state index contributed by atoms with van der Waals surface area (Å²) >= 11 is 0. The van der Waals surface area contributed by atoms with Gasteiger partial charge in [0.25, 0.3) is 5.91 Å². The number of benzene rings is 2. The lowest BCUT2D eigenvalue weighted by Crippen LogP contribution is -2.36. The number of carbonyl (C=O) groups is 1. The summed E-state index contributed by atoms with van der Waals surface area (Å²) in [5, 5.41) is 0. The van der Waals surface area contributed by atoms with Crippen LogP contribution in [0.1, 0.15) is 23.6 Å². The smallest absolute Gasteiger partial charge is 0.284 e. The largest absolute Gasteiger partial charge is 0.481 e. The molecule has 2 aromatic carbocycles. The van der Waals surface area contributed by atoms with Crippen LogP contribution < -0.4 is 10.2 Å². The minimum absolute atomic E-state index is 0.308. The van der Waals surface area contributed by atoms with Gasteiger partial charge in [0.05, 0.1) is 6.61 Å². The molecule has 0 aromatic heterocycles. The number of aryl methyl sites for hydroxylation is 1. The van der Waals surface area contributed by atoms with Gasteiger partial charge < -0.3 is 4.74 Å². The molecule has 0 aliphatic rings. The van der Waals surface area contributed by atoms with Crippen molar-refractivity contribution in [3.05, 3.63) is 65.2 Å². The van der Waals surface area contributed by atoms with E-state index in [1.54, 1.807) is 6.92 Å². The van der Waals surface area contributed by atoms with Gasteiger partial charge >= 0.3 is 0 Å². The molecule has 0 aliphatic heterocycles. The van der Waals surface area contributed by atoms with Gasteiger partial charge in [0, 0.05) is 0 Å². The predicted octanol–water partition coefficient (Wildman–Crippen LogP) is 3.32. The van der Waals surface area contributed by atoms with Crippen LogP contribution in [0.3, 0.4) is 0 Å². The molecule has 4 heteroatoms. The van der Waals surface area contributed by atoms with Crippen molar-refractivity contribution in [2.24, 2.45) is 0 Å². The Kier molecular flexibility index (Phi) is 5.55. The second-order valence-electron chi connectivity index (χ2n) is 5.20. The zero-order valence-corrected chi connectivity index (χ0v) is 13.1. The van der Waals surface area contributed by atoms with Crippen LogP contribution in [-0.2, 0) is 16.2 Å². The van der Waals surface area contributed by atoms with E-state index >= 15 is 0 Å². The van der Waals surface area contributed by atoms with Crippen molar-refractivity contribution < 1.29 is 14.4 Å². The van der Waals surface area contributed by atoms with Crippen LogP contribution in [0.5, 0.6) is 5.75 Å². The first kappa shape index (κ1) is 16.0. The van der Waals surface area contributed by atoms with Gasteiger partial charge in [-0.05, 0) is 43.5 Å². The highest BCUT2D eigenvalue weighted by Gasteiger charge is 2.16. The molecule has 2 rings (SSSR count). The van der Waals surface area contributed by atoms with Gasteiger partial charge in [-0.2, -0.15) is 0 Å². The fourth-order valence-electron chi connectivity index (χ4n) is 1.94.